The van der Waals surface area contributed by atoms with Crippen LogP contribution in [0, 0.1) is 5.92 Å². The highest BCUT2D eigenvalue weighted by molar-refractivity contribution is 7.13. The maximum atomic E-state index is 12.4. The number of oxazole rings is 1. The van der Waals surface area contributed by atoms with E-state index < -0.39 is 0 Å². The SMILES string of the molecule is CCNCC1CCN(C(=O)Cc2coc(-c3cccs3)n2)CC1.Cl.Cl. The Labute approximate surface area is 165 Å². The van der Waals surface area contributed by atoms with Crippen molar-refractivity contribution in [3.63, 3.8) is 0 Å². The summed E-state index contributed by atoms with van der Waals surface area (Å²) < 4.78 is 5.48. The van der Waals surface area contributed by atoms with Crippen molar-refractivity contribution in [1.29, 1.82) is 0 Å². The molecule has 5 nitrogen and oxygen atoms in total. The predicted molar refractivity (Wildman–Crippen MR) is 106 cm³/mol. The summed E-state index contributed by atoms with van der Waals surface area (Å²) in [5.41, 5.74) is 0.716. The number of nitrogens with one attached hydrogen (secondary N) is 1. The average Bonchev–Trinajstić information content (AvgIpc) is 3.24. The van der Waals surface area contributed by atoms with Crippen molar-refractivity contribution < 1.29 is 9.21 Å². The average molecular weight is 406 g/mol. The summed E-state index contributed by atoms with van der Waals surface area (Å²) in [6.45, 7) is 5.90. The van der Waals surface area contributed by atoms with Gasteiger partial charge in [0.05, 0.1) is 17.0 Å². The highest BCUT2D eigenvalue weighted by atomic mass is 35.5. The molecular weight excluding hydrogens is 381 g/mol. The van der Waals surface area contributed by atoms with E-state index in [-0.39, 0.29) is 30.7 Å². The summed E-state index contributed by atoms with van der Waals surface area (Å²) in [4.78, 5) is 19.8. The van der Waals surface area contributed by atoms with Crippen molar-refractivity contribution in [3.05, 3.63) is 29.5 Å². The number of likely N-dealkylation sites (tertiary alicyclic amines) is 1. The fraction of sp³-hybridized carbons (Fsp3) is 0.529. The summed E-state index contributed by atoms with van der Waals surface area (Å²) in [6.07, 6.45) is 4.09. The highest BCUT2D eigenvalue weighted by Gasteiger charge is 2.23. The van der Waals surface area contributed by atoms with Gasteiger partial charge in [0.15, 0.2) is 0 Å². The number of rotatable bonds is 6. The zero-order chi connectivity index (χ0) is 16.1. The molecule has 1 amide bonds. The van der Waals surface area contributed by atoms with Gasteiger partial charge < -0.3 is 14.6 Å². The van der Waals surface area contributed by atoms with Crippen molar-refractivity contribution in [2.75, 3.05) is 26.2 Å². The van der Waals surface area contributed by atoms with Gasteiger partial charge in [0, 0.05) is 13.1 Å². The second kappa shape index (κ2) is 10.8. The molecule has 0 aliphatic carbocycles. The number of carbonyl (C=O) groups is 1. The Morgan fingerprint density at radius 2 is 2.16 bits per heavy atom. The van der Waals surface area contributed by atoms with Crippen molar-refractivity contribution >= 4 is 42.1 Å². The largest absolute Gasteiger partial charge is 0.444 e. The van der Waals surface area contributed by atoms with Gasteiger partial charge in [-0.05, 0) is 43.3 Å². The van der Waals surface area contributed by atoms with Crippen LogP contribution in [0.4, 0.5) is 0 Å². The molecule has 2 aromatic rings. The van der Waals surface area contributed by atoms with Gasteiger partial charge in [0.1, 0.15) is 6.26 Å². The van der Waals surface area contributed by atoms with Gasteiger partial charge in [0.2, 0.25) is 11.8 Å². The van der Waals surface area contributed by atoms with Crippen LogP contribution in [0.1, 0.15) is 25.5 Å². The van der Waals surface area contributed by atoms with Gasteiger partial charge in [-0.15, -0.1) is 36.2 Å². The van der Waals surface area contributed by atoms with Crippen LogP contribution in [-0.4, -0.2) is 42.0 Å². The van der Waals surface area contributed by atoms with E-state index >= 15 is 0 Å². The molecule has 0 unspecified atom stereocenters. The summed E-state index contributed by atoms with van der Waals surface area (Å²) in [5, 5.41) is 5.38. The normalized spacial score (nSPS) is 14.7. The van der Waals surface area contributed by atoms with Crippen LogP contribution in [-0.2, 0) is 11.2 Å². The number of halogens is 2. The molecule has 1 fully saturated rings. The van der Waals surface area contributed by atoms with E-state index in [2.05, 4.69) is 17.2 Å². The lowest BCUT2D eigenvalue weighted by Crippen LogP contribution is -2.41. The van der Waals surface area contributed by atoms with Gasteiger partial charge in [0.25, 0.3) is 0 Å². The fourth-order valence-corrected chi connectivity index (χ4v) is 3.56. The lowest BCUT2D eigenvalue weighted by molar-refractivity contribution is -0.131. The second-order valence-electron chi connectivity index (χ2n) is 5.93. The third-order valence-corrected chi connectivity index (χ3v) is 5.12. The Bertz CT molecular complexity index is 626. The quantitative estimate of drug-likeness (QED) is 0.796. The van der Waals surface area contributed by atoms with E-state index in [1.54, 1.807) is 17.6 Å². The van der Waals surface area contributed by atoms with Crippen molar-refractivity contribution in [2.24, 2.45) is 5.92 Å². The van der Waals surface area contributed by atoms with E-state index in [4.69, 9.17) is 4.42 Å². The standard InChI is InChI=1S/C17H23N3O2S.2ClH/c1-2-18-11-13-5-7-20(8-6-13)16(21)10-14-12-22-17(19-14)15-4-3-9-23-15;;/h3-4,9,12-13,18H,2,5-8,10-11H2,1H3;2*1H. The first-order valence-corrected chi connectivity index (χ1v) is 9.11. The first-order chi connectivity index (χ1) is 11.3. The molecule has 3 rings (SSSR count). The molecule has 1 saturated heterocycles. The van der Waals surface area contributed by atoms with Gasteiger partial charge in [-0.2, -0.15) is 0 Å². The van der Waals surface area contributed by atoms with E-state index in [1.165, 1.54) is 0 Å². The van der Waals surface area contributed by atoms with Gasteiger partial charge in [-0.25, -0.2) is 4.98 Å². The molecule has 3 heterocycles. The summed E-state index contributed by atoms with van der Waals surface area (Å²) >= 11 is 1.59. The molecule has 0 radical (unpaired) electrons. The second-order valence-corrected chi connectivity index (χ2v) is 6.88. The molecule has 0 atom stereocenters. The van der Waals surface area contributed by atoms with Crippen LogP contribution < -0.4 is 5.32 Å². The lowest BCUT2D eigenvalue weighted by atomic mass is 9.96. The van der Waals surface area contributed by atoms with Crippen molar-refractivity contribution in [3.8, 4) is 10.8 Å². The number of nitrogens with zero attached hydrogens (tertiary/aromatic N) is 2. The van der Waals surface area contributed by atoms with E-state index in [9.17, 15) is 4.79 Å². The molecule has 0 spiro atoms. The van der Waals surface area contributed by atoms with Crippen LogP contribution in [0.25, 0.3) is 10.8 Å². The summed E-state index contributed by atoms with van der Waals surface area (Å²) in [7, 11) is 0. The molecule has 1 aliphatic heterocycles. The number of piperidine rings is 1. The van der Waals surface area contributed by atoms with Crippen LogP contribution in [0.2, 0.25) is 0 Å². The minimum atomic E-state index is 0. The smallest absolute Gasteiger partial charge is 0.236 e. The molecular formula is C17H25Cl2N3O2S. The van der Waals surface area contributed by atoms with Crippen LogP contribution in [0.5, 0.6) is 0 Å². The van der Waals surface area contributed by atoms with Gasteiger partial charge in [-0.3, -0.25) is 4.79 Å². The summed E-state index contributed by atoms with van der Waals surface area (Å²) in [5.74, 6) is 1.45. The van der Waals surface area contributed by atoms with Gasteiger partial charge in [-0.1, -0.05) is 13.0 Å². The van der Waals surface area contributed by atoms with Gasteiger partial charge >= 0.3 is 0 Å². The molecule has 140 valence electrons. The zero-order valence-corrected chi connectivity index (χ0v) is 16.7. The number of hydrogen-bond donors (Lipinski definition) is 1. The van der Waals surface area contributed by atoms with E-state index in [0.717, 1.165) is 43.9 Å². The monoisotopic (exact) mass is 405 g/mol. The maximum Gasteiger partial charge on any atom is 0.236 e. The number of carbonyl (C=O) groups excluding carboxylic acids is 1. The Morgan fingerprint density at radius 3 is 2.80 bits per heavy atom. The molecule has 25 heavy (non-hydrogen) atoms. The Kier molecular flexibility index (Phi) is 9.50. The lowest BCUT2D eigenvalue weighted by Gasteiger charge is -2.32. The molecule has 0 bridgehead atoms. The summed E-state index contributed by atoms with van der Waals surface area (Å²) in [6, 6.07) is 3.93. The molecule has 0 saturated carbocycles. The molecule has 8 heteroatoms. The highest BCUT2D eigenvalue weighted by Crippen LogP contribution is 2.24. The van der Waals surface area contributed by atoms with Crippen molar-refractivity contribution in [1.82, 2.24) is 15.2 Å². The van der Waals surface area contributed by atoms with E-state index in [0.29, 0.717) is 23.9 Å². The van der Waals surface area contributed by atoms with Crippen LogP contribution >= 0.6 is 36.2 Å². The van der Waals surface area contributed by atoms with Crippen LogP contribution in [0.3, 0.4) is 0 Å². The minimum Gasteiger partial charge on any atom is -0.444 e. The molecule has 1 N–H and O–H groups in total. The third-order valence-electron chi connectivity index (χ3n) is 4.27. The number of amides is 1. The third kappa shape index (κ3) is 5.99. The Balaban J connectivity index is 0.00000156. The number of thiophene rings is 1. The predicted octanol–water partition coefficient (Wildman–Crippen LogP) is 3.64. The zero-order valence-electron chi connectivity index (χ0n) is 14.3. The minimum absolute atomic E-state index is 0. The van der Waals surface area contributed by atoms with Crippen molar-refractivity contribution in [2.45, 2.75) is 26.2 Å². The maximum absolute atomic E-state index is 12.4. The van der Waals surface area contributed by atoms with E-state index in [1.807, 2.05) is 22.4 Å². The van der Waals surface area contributed by atoms with Crippen LogP contribution in [0.15, 0.2) is 28.2 Å². The number of aromatic nitrogens is 1. The Morgan fingerprint density at radius 1 is 1.40 bits per heavy atom. The molecule has 2 aromatic heterocycles. The fourth-order valence-electron chi connectivity index (χ4n) is 2.90. The number of hydrogen-bond acceptors (Lipinski definition) is 5. The first kappa shape index (κ1) is 22.0. The molecule has 0 aromatic carbocycles. The topological polar surface area (TPSA) is 58.4 Å². The Hall–Kier alpha value is -1.08. The molecule has 1 aliphatic rings. The first-order valence-electron chi connectivity index (χ1n) is 8.23.